The van der Waals surface area contributed by atoms with Gasteiger partial charge in [-0.15, -0.1) is 0 Å². The molecule has 0 aliphatic rings. The van der Waals surface area contributed by atoms with E-state index in [1.165, 1.54) is 0 Å². The molecule has 0 aromatic heterocycles. The van der Waals surface area contributed by atoms with Gasteiger partial charge in [-0.2, -0.15) is 8.42 Å². The van der Waals surface area contributed by atoms with E-state index in [1.807, 2.05) is 4.72 Å². The van der Waals surface area contributed by atoms with Gasteiger partial charge in [-0.1, -0.05) is 0 Å². The van der Waals surface area contributed by atoms with Crippen molar-refractivity contribution in [1.82, 2.24) is 4.72 Å². The van der Waals surface area contributed by atoms with Crippen LogP contribution in [0, 0.1) is 0 Å². The second-order valence-corrected chi connectivity index (χ2v) is 2.69. The summed E-state index contributed by atoms with van der Waals surface area (Å²) in [6.07, 6.45) is 0. The van der Waals surface area contributed by atoms with Crippen molar-refractivity contribution in [2.75, 3.05) is 13.2 Å². The van der Waals surface area contributed by atoms with Gasteiger partial charge in [-0.3, -0.25) is 0 Å². The van der Waals surface area contributed by atoms with Crippen LogP contribution in [0.3, 0.4) is 0 Å². The van der Waals surface area contributed by atoms with Crippen molar-refractivity contribution in [2.45, 2.75) is 0 Å². The lowest BCUT2D eigenvalue weighted by molar-refractivity contribution is 0.143. The number of rotatable bonds is 4. The van der Waals surface area contributed by atoms with Crippen LogP contribution in [0.25, 0.3) is 0 Å². The highest BCUT2D eigenvalue weighted by atomic mass is 32.2. The summed E-state index contributed by atoms with van der Waals surface area (Å²) in [5, 5.41) is 4.54. The Morgan fingerprint density at radius 1 is 1.56 bits per heavy atom. The van der Waals surface area contributed by atoms with Crippen LogP contribution in [0.15, 0.2) is 0 Å². The molecule has 0 saturated carbocycles. The summed E-state index contributed by atoms with van der Waals surface area (Å²) in [5.41, 5.74) is 0. The lowest BCUT2D eigenvalue weighted by atomic mass is 10.8. The monoisotopic (exact) mass is 155 g/mol. The molecule has 5 N–H and O–H groups in total. The Hall–Kier alpha value is -0.210. The topological polar surface area (TPSA) is 107 Å². The van der Waals surface area contributed by atoms with Gasteiger partial charge >= 0.3 is 0 Å². The van der Waals surface area contributed by atoms with Gasteiger partial charge in [0.2, 0.25) is 0 Å². The van der Waals surface area contributed by atoms with E-state index < -0.39 is 10.2 Å². The fraction of sp³-hybridized carbons (Fsp3) is 1.00. The first-order valence-electron chi connectivity index (χ1n) is 2.15. The minimum absolute atomic E-state index is 0.0926. The molecule has 7 heteroatoms. The maximum Gasteiger partial charge on any atom is 0.274 e. The summed E-state index contributed by atoms with van der Waals surface area (Å²) >= 11 is 0. The van der Waals surface area contributed by atoms with Gasteiger partial charge in [0, 0.05) is 6.54 Å². The molecule has 0 radical (unpaired) electrons. The smallest absolute Gasteiger partial charge is 0.274 e. The second-order valence-electron chi connectivity index (χ2n) is 1.31. The summed E-state index contributed by atoms with van der Waals surface area (Å²) < 4.78 is 22.1. The number of hydrogen-bond donors (Lipinski definition) is 3. The molecular weight excluding hydrogens is 146 g/mol. The van der Waals surface area contributed by atoms with Gasteiger partial charge in [0.25, 0.3) is 10.2 Å². The minimum Gasteiger partial charge on any atom is -0.303 e. The van der Waals surface area contributed by atoms with Gasteiger partial charge in [0.05, 0.1) is 6.61 Å². The van der Waals surface area contributed by atoms with Crippen LogP contribution >= 0.6 is 0 Å². The molecule has 0 unspecified atom stereocenters. The van der Waals surface area contributed by atoms with Crippen molar-refractivity contribution >= 4 is 10.2 Å². The van der Waals surface area contributed by atoms with E-state index in [4.69, 9.17) is 0 Å². The molecule has 0 spiro atoms. The normalized spacial score (nSPS) is 11.8. The number of hydrogen-bond acceptors (Lipinski definition) is 4. The molecule has 0 heterocycles. The Bertz CT molecular complexity index is 152. The predicted octanol–water partition coefficient (Wildman–Crippen LogP) is -2.33. The highest BCUT2D eigenvalue weighted by Gasteiger charge is 1.97. The molecule has 0 aromatic carbocycles. The van der Waals surface area contributed by atoms with Gasteiger partial charge in [0.1, 0.15) is 0 Å². The largest absolute Gasteiger partial charge is 0.303 e. The number of nitrogens with two attached hydrogens (primary N) is 2. The Kier molecular flexibility index (Phi) is 3.66. The lowest BCUT2D eigenvalue weighted by Gasteiger charge is -1.97. The summed E-state index contributed by atoms with van der Waals surface area (Å²) in [7, 11) is -3.58. The van der Waals surface area contributed by atoms with E-state index in [0.29, 0.717) is 0 Å². The van der Waals surface area contributed by atoms with Gasteiger partial charge in [0.15, 0.2) is 0 Å². The fourth-order valence-corrected chi connectivity index (χ4v) is 0.611. The Morgan fingerprint density at radius 3 is 2.44 bits per heavy atom. The van der Waals surface area contributed by atoms with E-state index in [2.05, 4.69) is 15.9 Å². The van der Waals surface area contributed by atoms with Crippen LogP contribution < -0.4 is 15.8 Å². The van der Waals surface area contributed by atoms with Gasteiger partial charge in [-0.05, 0) is 0 Å². The minimum atomic E-state index is -3.58. The first kappa shape index (κ1) is 8.79. The van der Waals surface area contributed by atoms with Gasteiger partial charge in [-0.25, -0.2) is 15.8 Å². The molecule has 0 rings (SSSR count). The molecular formula is C2H9N3O3S. The summed E-state index contributed by atoms with van der Waals surface area (Å²) in [6.45, 7) is 0.200. The molecule has 0 bridgehead atoms. The fourth-order valence-electron chi connectivity index (χ4n) is 0.243. The summed E-state index contributed by atoms with van der Waals surface area (Å²) in [6, 6.07) is 0. The molecule has 0 atom stereocenters. The molecule has 0 aliphatic carbocycles. The second kappa shape index (κ2) is 3.75. The van der Waals surface area contributed by atoms with E-state index in [-0.39, 0.29) is 13.2 Å². The first-order chi connectivity index (χ1) is 4.06. The van der Waals surface area contributed by atoms with Crippen LogP contribution in [0.5, 0.6) is 0 Å². The molecule has 56 valence electrons. The zero-order chi connectivity index (χ0) is 7.33. The zero-order valence-corrected chi connectivity index (χ0v) is 5.52. The van der Waals surface area contributed by atoms with Crippen LogP contribution in [0.4, 0.5) is 0 Å². The van der Waals surface area contributed by atoms with E-state index in [0.717, 1.165) is 0 Å². The summed E-state index contributed by atoms with van der Waals surface area (Å²) in [5.74, 6) is 4.58. The van der Waals surface area contributed by atoms with Crippen molar-refractivity contribution < 1.29 is 13.3 Å². The predicted molar refractivity (Wildman–Crippen MR) is 31.2 cm³/mol. The third kappa shape index (κ3) is 7.79. The average Bonchev–Trinajstić information content (AvgIpc) is 1.63. The molecule has 0 amide bonds. The quantitative estimate of drug-likeness (QED) is 0.312. The van der Waals surface area contributed by atoms with Crippen molar-refractivity contribution in [1.29, 1.82) is 0 Å². The SMILES string of the molecule is NOCCNS(N)(=O)=O. The molecule has 0 aliphatic heterocycles. The van der Waals surface area contributed by atoms with E-state index in [9.17, 15) is 8.42 Å². The van der Waals surface area contributed by atoms with Crippen LogP contribution in [0.2, 0.25) is 0 Å². The highest BCUT2D eigenvalue weighted by molar-refractivity contribution is 7.87. The van der Waals surface area contributed by atoms with Crippen molar-refractivity contribution in [3.63, 3.8) is 0 Å². The Balaban J connectivity index is 3.30. The molecule has 9 heavy (non-hydrogen) atoms. The maximum atomic E-state index is 10.1. The first-order valence-corrected chi connectivity index (χ1v) is 3.70. The van der Waals surface area contributed by atoms with Crippen LogP contribution in [0.1, 0.15) is 0 Å². The lowest BCUT2D eigenvalue weighted by Crippen LogP contribution is -2.33. The van der Waals surface area contributed by atoms with Crippen molar-refractivity contribution in [2.24, 2.45) is 11.0 Å². The average molecular weight is 155 g/mol. The van der Waals surface area contributed by atoms with Gasteiger partial charge < -0.3 is 4.84 Å². The van der Waals surface area contributed by atoms with Crippen molar-refractivity contribution in [3.8, 4) is 0 Å². The summed E-state index contributed by atoms with van der Waals surface area (Å²) in [4.78, 5) is 4.05. The molecule has 0 fully saturated rings. The van der Waals surface area contributed by atoms with E-state index in [1.54, 1.807) is 0 Å². The molecule has 0 saturated heterocycles. The Labute approximate surface area is 53.3 Å². The zero-order valence-electron chi connectivity index (χ0n) is 4.70. The standard InChI is InChI=1S/C2H9N3O3S/c3-8-2-1-5-9(4,6)7/h5H,1-3H2,(H2,4,6,7). The number of nitrogens with one attached hydrogen (secondary N) is 1. The third-order valence-corrected chi connectivity index (χ3v) is 1.13. The maximum absolute atomic E-state index is 10.1. The van der Waals surface area contributed by atoms with E-state index >= 15 is 0 Å². The highest BCUT2D eigenvalue weighted by Crippen LogP contribution is 1.65. The van der Waals surface area contributed by atoms with Crippen LogP contribution in [-0.2, 0) is 15.0 Å². The molecule has 0 aromatic rings. The Morgan fingerprint density at radius 2 is 2.11 bits per heavy atom. The van der Waals surface area contributed by atoms with Crippen molar-refractivity contribution in [3.05, 3.63) is 0 Å². The molecule has 6 nitrogen and oxygen atoms in total. The third-order valence-electron chi connectivity index (χ3n) is 0.523. The van der Waals surface area contributed by atoms with Crippen LogP contribution in [-0.4, -0.2) is 21.6 Å².